The summed E-state index contributed by atoms with van der Waals surface area (Å²) in [5, 5.41) is 3.33. The molecule has 0 aromatic rings. The maximum absolute atomic E-state index is 11.0. The van der Waals surface area contributed by atoms with Crippen LogP contribution in [0.4, 0.5) is 0 Å². The number of nitrogens with zero attached hydrogens (tertiary/aromatic N) is 1. The Bertz CT molecular complexity index is 173. The van der Waals surface area contributed by atoms with Gasteiger partial charge in [0.25, 0.3) is 0 Å². The number of methoxy groups -OCH3 is 1. The summed E-state index contributed by atoms with van der Waals surface area (Å²) in [6.07, 6.45) is 1.51. The minimum absolute atomic E-state index is 0.123. The van der Waals surface area contributed by atoms with Crippen molar-refractivity contribution in [3.05, 3.63) is 0 Å². The number of ether oxygens (including phenoxy) is 1. The molecule has 0 saturated carbocycles. The molecule has 1 aliphatic rings. The standard InChI is InChI=1S/C9H18N2O2/c1-11-5-3-8(10-4-6-11)7-9(12)13-2/h8,10H,3-7H2,1-2H3. The fraction of sp³-hybridized carbons (Fsp3) is 0.889. The van der Waals surface area contributed by atoms with Crippen molar-refractivity contribution in [3.8, 4) is 0 Å². The molecule has 1 fully saturated rings. The fourth-order valence-corrected chi connectivity index (χ4v) is 1.51. The molecule has 1 heterocycles. The summed E-state index contributed by atoms with van der Waals surface area (Å²) in [4.78, 5) is 13.3. The lowest BCUT2D eigenvalue weighted by molar-refractivity contribution is -0.141. The third-order valence-corrected chi connectivity index (χ3v) is 2.43. The maximum Gasteiger partial charge on any atom is 0.307 e. The predicted octanol–water partition coefficient (Wildman–Crippen LogP) is -0.157. The van der Waals surface area contributed by atoms with Crippen LogP contribution < -0.4 is 5.32 Å². The van der Waals surface area contributed by atoms with E-state index in [2.05, 4.69) is 22.0 Å². The second-order valence-electron chi connectivity index (χ2n) is 3.52. The van der Waals surface area contributed by atoms with Gasteiger partial charge in [-0.2, -0.15) is 0 Å². The van der Waals surface area contributed by atoms with Crippen molar-refractivity contribution in [1.82, 2.24) is 10.2 Å². The molecule has 0 spiro atoms. The first-order chi connectivity index (χ1) is 6.22. The highest BCUT2D eigenvalue weighted by atomic mass is 16.5. The number of esters is 1. The molecule has 13 heavy (non-hydrogen) atoms. The normalized spacial score (nSPS) is 25.2. The van der Waals surface area contributed by atoms with Crippen LogP contribution in [0.1, 0.15) is 12.8 Å². The molecule has 1 rings (SSSR count). The Morgan fingerprint density at radius 3 is 3.08 bits per heavy atom. The summed E-state index contributed by atoms with van der Waals surface area (Å²) in [6, 6.07) is 0.289. The van der Waals surface area contributed by atoms with Gasteiger partial charge in [-0.3, -0.25) is 4.79 Å². The number of hydrogen-bond acceptors (Lipinski definition) is 4. The lowest BCUT2D eigenvalue weighted by Crippen LogP contribution is -2.32. The van der Waals surface area contributed by atoms with Gasteiger partial charge in [0.1, 0.15) is 0 Å². The SMILES string of the molecule is COC(=O)CC1CCN(C)CCN1. The van der Waals surface area contributed by atoms with E-state index in [1.54, 1.807) is 0 Å². The van der Waals surface area contributed by atoms with E-state index >= 15 is 0 Å². The molecule has 0 aliphatic carbocycles. The summed E-state index contributed by atoms with van der Waals surface area (Å²) in [7, 11) is 3.54. The number of rotatable bonds is 2. The molecule has 0 radical (unpaired) electrons. The topological polar surface area (TPSA) is 41.6 Å². The van der Waals surface area contributed by atoms with Crippen LogP contribution in [-0.4, -0.2) is 50.7 Å². The summed E-state index contributed by atoms with van der Waals surface area (Å²) in [6.45, 7) is 3.06. The monoisotopic (exact) mass is 186 g/mol. The van der Waals surface area contributed by atoms with Crippen molar-refractivity contribution >= 4 is 5.97 Å². The van der Waals surface area contributed by atoms with Gasteiger partial charge < -0.3 is 15.0 Å². The molecule has 0 bridgehead atoms. The molecule has 1 unspecified atom stereocenters. The van der Waals surface area contributed by atoms with Crippen molar-refractivity contribution < 1.29 is 9.53 Å². The number of nitrogens with one attached hydrogen (secondary N) is 1. The van der Waals surface area contributed by atoms with Crippen LogP contribution in [-0.2, 0) is 9.53 Å². The molecule has 4 nitrogen and oxygen atoms in total. The lowest BCUT2D eigenvalue weighted by Gasteiger charge is -2.13. The lowest BCUT2D eigenvalue weighted by atomic mass is 10.1. The van der Waals surface area contributed by atoms with E-state index in [0.29, 0.717) is 6.42 Å². The zero-order valence-corrected chi connectivity index (χ0v) is 8.38. The first kappa shape index (κ1) is 10.5. The van der Waals surface area contributed by atoms with Gasteiger partial charge in [0.05, 0.1) is 13.5 Å². The van der Waals surface area contributed by atoms with Crippen LogP contribution in [0, 0.1) is 0 Å². The van der Waals surface area contributed by atoms with E-state index < -0.39 is 0 Å². The second kappa shape index (κ2) is 5.19. The fourth-order valence-electron chi connectivity index (χ4n) is 1.51. The Morgan fingerprint density at radius 1 is 1.62 bits per heavy atom. The zero-order chi connectivity index (χ0) is 9.68. The largest absolute Gasteiger partial charge is 0.469 e. The number of likely N-dealkylation sites (N-methyl/N-ethyl adjacent to an activating group) is 1. The van der Waals surface area contributed by atoms with E-state index in [9.17, 15) is 4.79 Å². The Morgan fingerprint density at radius 2 is 2.38 bits per heavy atom. The van der Waals surface area contributed by atoms with E-state index in [0.717, 1.165) is 26.1 Å². The first-order valence-corrected chi connectivity index (χ1v) is 4.71. The second-order valence-corrected chi connectivity index (χ2v) is 3.52. The maximum atomic E-state index is 11.0. The minimum Gasteiger partial charge on any atom is -0.469 e. The molecule has 1 saturated heterocycles. The Labute approximate surface area is 79.2 Å². The molecule has 0 aromatic heterocycles. The van der Waals surface area contributed by atoms with Crippen molar-refractivity contribution in [2.75, 3.05) is 33.8 Å². The van der Waals surface area contributed by atoms with E-state index in [-0.39, 0.29) is 12.0 Å². The average Bonchev–Trinajstić information content (AvgIpc) is 2.31. The molecule has 0 amide bonds. The predicted molar refractivity (Wildman–Crippen MR) is 50.5 cm³/mol. The van der Waals surface area contributed by atoms with E-state index in [1.807, 2.05) is 0 Å². The van der Waals surface area contributed by atoms with Gasteiger partial charge in [0, 0.05) is 19.1 Å². The molecule has 1 aliphatic heterocycles. The zero-order valence-electron chi connectivity index (χ0n) is 8.38. The molecule has 0 aromatic carbocycles. The van der Waals surface area contributed by atoms with Gasteiger partial charge in [0.15, 0.2) is 0 Å². The summed E-state index contributed by atoms with van der Waals surface area (Å²) >= 11 is 0. The van der Waals surface area contributed by atoms with Crippen LogP contribution in [0.2, 0.25) is 0 Å². The quantitative estimate of drug-likeness (QED) is 0.609. The number of hydrogen-bond donors (Lipinski definition) is 1. The van der Waals surface area contributed by atoms with Gasteiger partial charge in [-0.05, 0) is 20.0 Å². The Hall–Kier alpha value is -0.610. The average molecular weight is 186 g/mol. The van der Waals surface area contributed by atoms with Gasteiger partial charge in [0.2, 0.25) is 0 Å². The van der Waals surface area contributed by atoms with Crippen molar-refractivity contribution in [1.29, 1.82) is 0 Å². The molecule has 4 heteroatoms. The third kappa shape index (κ3) is 3.74. The van der Waals surface area contributed by atoms with Gasteiger partial charge in [-0.1, -0.05) is 0 Å². The number of carbonyl (C=O) groups is 1. The highest BCUT2D eigenvalue weighted by Gasteiger charge is 2.17. The van der Waals surface area contributed by atoms with Crippen molar-refractivity contribution in [2.45, 2.75) is 18.9 Å². The van der Waals surface area contributed by atoms with E-state index in [4.69, 9.17) is 0 Å². The molecular weight excluding hydrogens is 168 g/mol. The van der Waals surface area contributed by atoms with Crippen molar-refractivity contribution in [2.24, 2.45) is 0 Å². The molecule has 1 N–H and O–H groups in total. The molecule has 76 valence electrons. The molecule has 1 atom stereocenters. The van der Waals surface area contributed by atoms with Crippen LogP contribution in [0.15, 0.2) is 0 Å². The van der Waals surface area contributed by atoms with Crippen LogP contribution in [0.3, 0.4) is 0 Å². The van der Waals surface area contributed by atoms with Crippen LogP contribution >= 0.6 is 0 Å². The van der Waals surface area contributed by atoms with Gasteiger partial charge >= 0.3 is 5.97 Å². The van der Waals surface area contributed by atoms with Gasteiger partial charge in [-0.25, -0.2) is 0 Å². The van der Waals surface area contributed by atoms with E-state index in [1.165, 1.54) is 7.11 Å². The Kier molecular flexibility index (Phi) is 4.18. The van der Waals surface area contributed by atoms with Crippen LogP contribution in [0.25, 0.3) is 0 Å². The summed E-state index contributed by atoms with van der Waals surface area (Å²) in [5.41, 5.74) is 0. The van der Waals surface area contributed by atoms with Crippen molar-refractivity contribution in [3.63, 3.8) is 0 Å². The summed E-state index contributed by atoms with van der Waals surface area (Å²) < 4.78 is 4.63. The van der Waals surface area contributed by atoms with Gasteiger partial charge in [-0.15, -0.1) is 0 Å². The van der Waals surface area contributed by atoms with Crippen LogP contribution in [0.5, 0.6) is 0 Å². The first-order valence-electron chi connectivity index (χ1n) is 4.71. The third-order valence-electron chi connectivity index (χ3n) is 2.43. The number of carbonyl (C=O) groups excluding carboxylic acids is 1. The minimum atomic E-state index is -0.123. The highest BCUT2D eigenvalue weighted by molar-refractivity contribution is 5.69. The highest BCUT2D eigenvalue weighted by Crippen LogP contribution is 2.04. The Balaban J connectivity index is 2.29. The molecular formula is C9H18N2O2. The summed E-state index contributed by atoms with van der Waals surface area (Å²) in [5.74, 6) is -0.123. The smallest absolute Gasteiger partial charge is 0.307 e.